The molecule has 0 aromatic rings. The van der Waals surface area contributed by atoms with Crippen LogP contribution in [0.3, 0.4) is 0 Å². The second kappa shape index (κ2) is 11.6. The Labute approximate surface area is 99.2 Å². The summed E-state index contributed by atoms with van der Waals surface area (Å²) in [4.78, 5) is 0. The van der Waals surface area contributed by atoms with E-state index in [9.17, 15) is 0 Å². The van der Waals surface area contributed by atoms with Gasteiger partial charge in [0.25, 0.3) is 0 Å². The highest BCUT2D eigenvalue weighted by Gasteiger charge is 2.10. The van der Waals surface area contributed by atoms with Crippen molar-refractivity contribution in [3.05, 3.63) is 0 Å². The molecule has 0 saturated heterocycles. The van der Waals surface area contributed by atoms with Crippen molar-refractivity contribution >= 4 is 53.8 Å². The quantitative estimate of drug-likeness (QED) is 0.475. The molecule has 80 valence electrons. The lowest BCUT2D eigenvalue weighted by Gasteiger charge is -2.14. The van der Waals surface area contributed by atoms with Crippen molar-refractivity contribution in [2.24, 2.45) is 0 Å². The third kappa shape index (κ3) is 9.86. The molecule has 0 amide bonds. The molecule has 2 nitrogen and oxygen atoms in total. The van der Waals surface area contributed by atoms with Gasteiger partial charge in [-0.3, -0.25) is 0 Å². The summed E-state index contributed by atoms with van der Waals surface area (Å²) in [6.45, 7) is 1.01. The zero-order valence-corrected chi connectivity index (χ0v) is 11.0. The monoisotopic (exact) mass is 284 g/mol. The first kappa shape index (κ1) is 14.6. The molecule has 0 atom stereocenters. The van der Waals surface area contributed by atoms with Gasteiger partial charge in [-0.15, -0.1) is 34.8 Å². The second-order valence-corrected chi connectivity index (χ2v) is 6.22. The number of hydrogen-bond acceptors (Lipinski definition) is 3. The van der Waals surface area contributed by atoms with Gasteiger partial charge in [0.2, 0.25) is 7.58 Å². The average Bonchev–Trinajstić information content (AvgIpc) is 2.17. The Morgan fingerprint density at radius 3 is 1.85 bits per heavy atom. The van der Waals surface area contributed by atoms with Crippen molar-refractivity contribution in [2.45, 2.75) is 0 Å². The fourth-order valence-corrected chi connectivity index (χ4v) is 3.90. The fraction of sp³-hybridized carbons (Fsp3) is 1.00. The Balaban J connectivity index is 3.47. The van der Waals surface area contributed by atoms with E-state index in [0.717, 1.165) is 5.75 Å². The van der Waals surface area contributed by atoms with E-state index in [1.807, 2.05) is 0 Å². The van der Waals surface area contributed by atoms with Crippen molar-refractivity contribution in [2.75, 3.05) is 36.6 Å². The van der Waals surface area contributed by atoms with Crippen LogP contribution in [0.25, 0.3) is 0 Å². The van der Waals surface area contributed by atoms with Gasteiger partial charge in [-0.1, -0.05) is 11.4 Å². The predicted octanol–water partition coefficient (Wildman–Crippen LogP) is 3.70. The summed E-state index contributed by atoms with van der Waals surface area (Å²) in [5.41, 5.74) is 0. The minimum atomic E-state index is -0.915. The molecule has 0 spiro atoms. The standard InChI is InChI=1S/C6H12Cl3O2PS/c7-1-4-10-12(11-5-2-8)13-6-3-9/h1-6H2. The maximum Gasteiger partial charge on any atom is 0.238 e. The molecule has 0 rings (SSSR count). The van der Waals surface area contributed by atoms with Gasteiger partial charge in [0.05, 0.1) is 13.2 Å². The largest absolute Gasteiger partial charge is 0.325 e. The lowest BCUT2D eigenvalue weighted by Crippen LogP contribution is -1.95. The molecule has 0 aliphatic heterocycles. The van der Waals surface area contributed by atoms with Gasteiger partial charge < -0.3 is 9.05 Å². The third-order valence-corrected chi connectivity index (χ3v) is 4.74. The molecular formula is C6H12Cl3O2PS. The Morgan fingerprint density at radius 2 is 1.46 bits per heavy atom. The molecule has 7 heteroatoms. The van der Waals surface area contributed by atoms with E-state index < -0.39 is 7.58 Å². The van der Waals surface area contributed by atoms with Crippen molar-refractivity contribution in [1.29, 1.82) is 0 Å². The molecule has 0 aliphatic carbocycles. The van der Waals surface area contributed by atoms with E-state index in [2.05, 4.69) is 0 Å². The van der Waals surface area contributed by atoms with Gasteiger partial charge in [0, 0.05) is 23.4 Å². The SMILES string of the molecule is ClCCOP(OCCCl)SCCCl. The number of rotatable bonds is 9. The lowest BCUT2D eigenvalue weighted by molar-refractivity contribution is 0.285. The second-order valence-electron chi connectivity index (χ2n) is 1.79. The first-order valence-corrected chi connectivity index (χ1v) is 8.09. The van der Waals surface area contributed by atoms with Crippen LogP contribution in [0.15, 0.2) is 0 Å². The normalized spacial score (nSPS) is 11.1. The van der Waals surface area contributed by atoms with Crippen LogP contribution >= 0.6 is 53.8 Å². The lowest BCUT2D eigenvalue weighted by atomic mass is 10.9. The molecule has 0 aromatic heterocycles. The minimum absolute atomic E-state index is 0.477. The van der Waals surface area contributed by atoms with E-state index in [-0.39, 0.29) is 0 Å². The Bertz CT molecular complexity index is 92.9. The van der Waals surface area contributed by atoms with Gasteiger partial charge in [-0.2, -0.15) is 0 Å². The minimum Gasteiger partial charge on any atom is -0.325 e. The predicted molar refractivity (Wildman–Crippen MR) is 63.4 cm³/mol. The van der Waals surface area contributed by atoms with Crippen molar-refractivity contribution in [3.63, 3.8) is 0 Å². The van der Waals surface area contributed by atoms with Gasteiger partial charge in [-0.05, 0) is 0 Å². The smallest absolute Gasteiger partial charge is 0.238 e. The van der Waals surface area contributed by atoms with Gasteiger partial charge in [-0.25, -0.2) is 0 Å². The van der Waals surface area contributed by atoms with Gasteiger partial charge in [0.1, 0.15) is 0 Å². The summed E-state index contributed by atoms with van der Waals surface area (Å²) in [5.74, 6) is 2.37. The van der Waals surface area contributed by atoms with Crippen LogP contribution < -0.4 is 0 Å². The van der Waals surface area contributed by atoms with E-state index in [0.29, 0.717) is 30.9 Å². The molecule has 0 radical (unpaired) electrons. The first-order chi connectivity index (χ1) is 6.35. The summed E-state index contributed by atoms with van der Waals surface area (Å²) in [5, 5.41) is 0. The Hall–Kier alpha value is 1.57. The van der Waals surface area contributed by atoms with Gasteiger partial charge >= 0.3 is 0 Å². The van der Waals surface area contributed by atoms with Crippen LogP contribution in [-0.2, 0) is 9.05 Å². The molecule has 13 heavy (non-hydrogen) atoms. The third-order valence-electron chi connectivity index (χ3n) is 0.822. The number of hydrogen-bond donors (Lipinski definition) is 0. The summed E-state index contributed by atoms with van der Waals surface area (Å²) in [7, 11) is -0.915. The van der Waals surface area contributed by atoms with Crippen molar-refractivity contribution in [3.8, 4) is 0 Å². The average molecular weight is 286 g/mol. The van der Waals surface area contributed by atoms with Crippen molar-refractivity contribution in [1.82, 2.24) is 0 Å². The highest BCUT2D eigenvalue weighted by Crippen LogP contribution is 2.51. The van der Waals surface area contributed by atoms with Crippen molar-refractivity contribution < 1.29 is 9.05 Å². The molecule has 0 bridgehead atoms. The summed E-state index contributed by atoms with van der Waals surface area (Å²) < 4.78 is 10.7. The van der Waals surface area contributed by atoms with Crippen LogP contribution in [0.1, 0.15) is 0 Å². The highest BCUT2D eigenvalue weighted by molar-refractivity contribution is 8.52. The molecule has 0 N–H and O–H groups in total. The zero-order valence-electron chi connectivity index (χ0n) is 7.05. The maximum absolute atomic E-state index is 5.54. The van der Waals surface area contributed by atoms with Crippen LogP contribution in [-0.4, -0.2) is 36.6 Å². The first-order valence-electron chi connectivity index (χ1n) is 3.72. The molecule has 0 fully saturated rings. The summed E-state index contributed by atoms with van der Waals surface area (Å²) in [6, 6.07) is 0. The Kier molecular flexibility index (Phi) is 13.0. The number of halogens is 3. The van der Waals surface area contributed by atoms with E-state index in [1.54, 1.807) is 11.4 Å². The molecule has 0 aromatic carbocycles. The van der Waals surface area contributed by atoms with E-state index in [1.165, 1.54) is 0 Å². The molecule has 0 heterocycles. The fourth-order valence-electron chi connectivity index (χ4n) is 0.439. The van der Waals surface area contributed by atoms with Crippen LogP contribution in [0.5, 0.6) is 0 Å². The molecule has 0 aliphatic rings. The highest BCUT2D eigenvalue weighted by atomic mass is 35.5. The van der Waals surface area contributed by atoms with Crippen LogP contribution in [0, 0.1) is 0 Å². The van der Waals surface area contributed by atoms with Crippen LogP contribution in [0.2, 0.25) is 0 Å². The van der Waals surface area contributed by atoms with Crippen LogP contribution in [0.4, 0.5) is 0 Å². The Morgan fingerprint density at radius 1 is 0.923 bits per heavy atom. The topological polar surface area (TPSA) is 18.5 Å². The summed E-state index contributed by atoms with van der Waals surface area (Å²) in [6.07, 6.45) is 0. The van der Waals surface area contributed by atoms with Gasteiger partial charge in [0.15, 0.2) is 0 Å². The van der Waals surface area contributed by atoms with E-state index in [4.69, 9.17) is 43.9 Å². The maximum atomic E-state index is 5.54. The molecular weight excluding hydrogens is 273 g/mol. The summed E-state index contributed by atoms with van der Waals surface area (Å²) >= 11 is 18.1. The number of alkyl halides is 3. The molecule has 0 saturated carbocycles. The zero-order chi connectivity index (χ0) is 9.94. The van der Waals surface area contributed by atoms with E-state index >= 15 is 0 Å². The molecule has 0 unspecified atom stereocenters.